The van der Waals surface area contributed by atoms with Crippen LogP contribution in [-0.2, 0) is 16.0 Å². The number of hydrogen-bond acceptors (Lipinski definition) is 4. The Morgan fingerprint density at radius 2 is 2.35 bits per heavy atom. The fourth-order valence-electron chi connectivity index (χ4n) is 1.61. The molecule has 0 atom stereocenters. The van der Waals surface area contributed by atoms with E-state index in [4.69, 9.17) is 7.85 Å². The van der Waals surface area contributed by atoms with Crippen LogP contribution in [0.4, 0.5) is 0 Å². The molecule has 0 spiro atoms. The molecule has 1 N–H and O–H groups in total. The Morgan fingerprint density at radius 1 is 1.65 bits per heavy atom. The van der Waals surface area contributed by atoms with Crippen molar-refractivity contribution in [3.05, 3.63) is 27.7 Å². The second kappa shape index (κ2) is 4.08. The van der Waals surface area contributed by atoms with Crippen LogP contribution in [0.15, 0.2) is 10.9 Å². The number of nitrogens with one attached hydrogen (secondary N) is 1. The van der Waals surface area contributed by atoms with E-state index in [-0.39, 0.29) is 12.0 Å². The molecule has 0 fully saturated rings. The van der Waals surface area contributed by atoms with Crippen LogP contribution in [0.1, 0.15) is 11.3 Å². The van der Waals surface area contributed by atoms with Crippen molar-refractivity contribution in [3.8, 4) is 0 Å². The largest absolute Gasteiger partial charge is 0.469 e. The Bertz CT molecular complexity index is 644. The van der Waals surface area contributed by atoms with Gasteiger partial charge in [-0.25, -0.2) is 9.50 Å². The maximum atomic E-state index is 12.0. The summed E-state index contributed by atoms with van der Waals surface area (Å²) in [7, 11) is 6.81. The quantitative estimate of drug-likeness (QED) is 0.522. The summed E-state index contributed by atoms with van der Waals surface area (Å²) in [5.74, 6) is -0.480. The molecule has 0 aliphatic rings. The van der Waals surface area contributed by atoms with Gasteiger partial charge in [0.15, 0.2) is 5.65 Å². The third-order valence-electron chi connectivity index (χ3n) is 2.48. The molecule has 86 valence electrons. The van der Waals surface area contributed by atoms with Crippen molar-refractivity contribution in [2.45, 2.75) is 13.3 Å². The molecular formula is C10H10BN3O3. The maximum absolute atomic E-state index is 12.0. The van der Waals surface area contributed by atoms with E-state index in [0.717, 1.165) is 0 Å². The summed E-state index contributed by atoms with van der Waals surface area (Å²) in [5.41, 5.74) is 1.23. The average Bonchev–Trinajstić information content (AvgIpc) is 2.64. The molecule has 0 unspecified atom stereocenters. The van der Waals surface area contributed by atoms with Crippen LogP contribution >= 0.6 is 0 Å². The maximum Gasteiger partial charge on any atom is 0.310 e. The number of H-pyrrole nitrogens is 1. The molecule has 0 bridgehead atoms. The van der Waals surface area contributed by atoms with Crippen molar-refractivity contribution >= 4 is 25.1 Å². The molecular weight excluding hydrogens is 221 g/mol. The average molecular weight is 231 g/mol. The molecule has 6 nitrogen and oxygen atoms in total. The number of nitrogens with zero attached hydrogens (tertiary/aromatic N) is 2. The predicted octanol–water partition coefficient (Wildman–Crippen LogP) is -1.16. The number of carbonyl (C=O) groups is 1. The SMILES string of the molecule is [B]c1cc2nc(C)c(CC(=O)OC)c(=O)n2[nH]1. The zero-order valence-corrected chi connectivity index (χ0v) is 9.48. The van der Waals surface area contributed by atoms with Gasteiger partial charge in [0.2, 0.25) is 0 Å². The summed E-state index contributed by atoms with van der Waals surface area (Å²) >= 11 is 0. The number of fused-ring (bicyclic) bond motifs is 1. The number of hydrogen-bond donors (Lipinski definition) is 1. The van der Waals surface area contributed by atoms with Crippen LogP contribution < -0.4 is 11.2 Å². The van der Waals surface area contributed by atoms with Gasteiger partial charge in [0.05, 0.1) is 19.1 Å². The second-order valence-corrected chi connectivity index (χ2v) is 3.64. The fraction of sp³-hybridized carbons (Fsp3) is 0.300. The van der Waals surface area contributed by atoms with Gasteiger partial charge in [0.1, 0.15) is 7.85 Å². The van der Waals surface area contributed by atoms with Crippen molar-refractivity contribution in [3.63, 3.8) is 0 Å². The van der Waals surface area contributed by atoms with E-state index in [9.17, 15) is 9.59 Å². The van der Waals surface area contributed by atoms with Gasteiger partial charge in [0.25, 0.3) is 5.56 Å². The molecule has 0 aliphatic heterocycles. The van der Waals surface area contributed by atoms with Gasteiger partial charge in [-0.1, -0.05) is 0 Å². The summed E-state index contributed by atoms with van der Waals surface area (Å²) in [6.45, 7) is 1.67. The van der Waals surface area contributed by atoms with Crippen molar-refractivity contribution < 1.29 is 9.53 Å². The predicted molar refractivity (Wildman–Crippen MR) is 61.7 cm³/mol. The molecule has 7 heteroatoms. The van der Waals surface area contributed by atoms with E-state index >= 15 is 0 Å². The number of rotatable bonds is 2. The highest BCUT2D eigenvalue weighted by molar-refractivity contribution is 6.31. The van der Waals surface area contributed by atoms with Crippen molar-refractivity contribution in [1.82, 2.24) is 14.6 Å². The summed E-state index contributed by atoms with van der Waals surface area (Å²) in [6, 6.07) is 1.55. The van der Waals surface area contributed by atoms with E-state index < -0.39 is 5.97 Å². The molecule has 0 saturated carbocycles. The number of aryl methyl sites for hydroxylation is 1. The van der Waals surface area contributed by atoms with Gasteiger partial charge in [-0.2, -0.15) is 0 Å². The lowest BCUT2D eigenvalue weighted by Crippen LogP contribution is -2.25. The van der Waals surface area contributed by atoms with Crippen LogP contribution in [0.2, 0.25) is 0 Å². The van der Waals surface area contributed by atoms with Gasteiger partial charge < -0.3 is 9.84 Å². The highest BCUT2D eigenvalue weighted by atomic mass is 16.5. The van der Waals surface area contributed by atoms with Crippen LogP contribution in [0.3, 0.4) is 0 Å². The zero-order chi connectivity index (χ0) is 12.6. The van der Waals surface area contributed by atoms with Crippen molar-refractivity contribution in [2.75, 3.05) is 7.11 Å². The molecule has 0 aromatic carbocycles. The summed E-state index contributed by atoms with van der Waals surface area (Å²) in [6.07, 6.45) is -0.101. The highest BCUT2D eigenvalue weighted by Gasteiger charge is 2.14. The van der Waals surface area contributed by atoms with Gasteiger partial charge >= 0.3 is 5.97 Å². The fourth-order valence-corrected chi connectivity index (χ4v) is 1.61. The number of methoxy groups -OCH3 is 1. The summed E-state index contributed by atoms with van der Waals surface area (Å²) in [4.78, 5) is 27.4. The Kier molecular flexibility index (Phi) is 2.75. The van der Waals surface area contributed by atoms with Crippen LogP contribution in [-0.4, -0.2) is 35.5 Å². The molecule has 2 rings (SSSR count). The van der Waals surface area contributed by atoms with Crippen molar-refractivity contribution in [1.29, 1.82) is 0 Å². The van der Waals surface area contributed by atoms with Crippen LogP contribution in [0, 0.1) is 6.92 Å². The second-order valence-electron chi connectivity index (χ2n) is 3.64. The number of carbonyl (C=O) groups excluding carboxylic acids is 1. The van der Waals surface area contributed by atoms with Crippen LogP contribution in [0.25, 0.3) is 5.65 Å². The standard InChI is InChI=1S/C10H10BN3O3/c1-5-6(3-9(15)17-2)10(16)14-8(12-5)4-7(11)13-14/h4,13H,3H2,1-2H3. The van der Waals surface area contributed by atoms with Gasteiger partial charge in [-0.05, 0) is 18.6 Å². The normalized spacial score (nSPS) is 10.7. The number of esters is 1. The van der Waals surface area contributed by atoms with Gasteiger partial charge in [0, 0.05) is 5.69 Å². The van der Waals surface area contributed by atoms with E-state index in [1.165, 1.54) is 11.6 Å². The first-order chi connectivity index (χ1) is 8.02. The molecule has 0 aliphatic carbocycles. The highest BCUT2D eigenvalue weighted by Crippen LogP contribution is 2.03. The topological polar surface area (TPSA) is 76.5 Å². The minimum absolute atomic E-state index is 0.101. The van der Waals surface area contributed by atoms with E-state index in [1.54, 1.807) is 13.0 Å². The summed E-state index contributed by atoms with van der Waals surface area (Å²) < 4.78 is 5.74. The van der Waals surface area contributed by atoms with E-state index in [0.29, 0.717) is 22.5 Å². The molecule has 0 saturated heterocycles. The molecule has 2 aromatic rings. The number of ether oxygens (including phenoxy) is 1. The Labute approximate surface area is 98.0 Å². The first-order valence-corrected chi connectivity index (χ1v) is 4.96. The number of aromatic nitrogens is 3. The number of aromatic amines is 1. The molecule has 0 amide bonds. The van der Waals surface area contributed by atoms with Crippen LogP contribution in [0.5, 0.6) is 0 Å². The molecule has 2 aromatic heterocycles. The first-order valence-electron chi connectivity index (χ1n) is 4.96. The molecule has 2 radical (unpaired) electrons. The third kappa shape index (κ3) is 1.95. The Balaban J connectivity index is 2.63. The minimum Gasteiger partial charge on any atom is -0.469 e. The zero-order valence-electron chi connectivity index (χ0n) is 9.48. The van der Waals surface area contributed by atoms with E-state index in [2.05, 4.69) is 14.8 Å². The molecule has 17 heavy (non-hydrogen) atoms. The minimum atomic E-state index is -0.480. The molecule has 2 heterocycles. The lowest BCUT2D eigenvalue weighted by molar-refractivity contribution is -0.139. The smallest absolute Gasteiger partial charge is 0.310 e. The Hall–Kier alpha value is -2.05. The van der Waals surface area contributed by atoms with Gasteiger partial charge in [-0.3, -0.25) is 9.59 Å². The van der Waals surface area contributed by atoms with E-state index in [1.807, 2.05) is 0 Å². The monoisotopic (exact) mass is 231 g/mol. The Morgan fingerprint density at radius 3 is 3.00 bits per heavy atom. The third-order valence-corrected chi connectivity index (χ3v) is 2.48. The lowest BCUT2D eigenvalue weighted by atomic mass is 10.1. The lowest BCUT2D eigenvalue weighted by Gasteiger charge is -2.03. The first kappa shape index (κ1) is 11.4. The van der Waals surface area contributed by atoms with Crippen molar-refractivity contribution in [2.24, 2.45) is 0 Å². The summed E-state index contributed by atoms with van der Waals surface area (Å²) in [5, 5.41) is 2.65. The van der Waals surface area contributed by atoms with Gasteiger partial charge in [-0.15, -0.1) is 0 Å².